The maximum Gasteiger partial charge on any atom is 0.164 e. The fourth-order valence-corrected chi connectivity index (χ4v) is 8.00. The van der Waals surface area contributed by atoms with Gasteiger partial charge in [0, 0.05) is 11.3 Å². The van der Waals surface area contributed by atoms with Gasteiger partial charge in [-0.3, -0.25) is 4.79 Å². The summed E-state index contributed by atoms with van der Waals surface area (Å²) in [5.74, 6) is 0.779. The Kier molecular flexibility index (Phi) is 3.84. The van der Waals surface area contributed by atoms with Crippen LogP contribution in [0.5, 0.6) is 0 Å². The smallest absolute Gasteiger partial charge is 0.164 e. The number of carbonyl (C=O) groups is 1. The van der Waals surface area contributed by atoms with E-state index in [1.165, 1.54) is 0 Å². The topological polar surface area (TPSA) is 90.9 Å². The predicted octanol–water partition coefficient (Wildman–Crippen LogP) is 3.16. The van der Waals surface area contributed by atoms with Crippen LogP contribution >= 0.6 is 0 Å². The lowest BCUT2D eigenvalue weighted by Gasteiger charge is -2.63. The van der Waals surface area contributed by atoms with E-state index in [1.54, 1.807) is 12.3 Å². The van der Waals surface area contributed by atoms with Crippen molar-refractivity contribution < 1.29 is 24.5 Å². The molecule has 1 aromatic rings. The van der Waals surface area contributed by atoms with Gasteiger partial charge in [-0.1, -0.05) is 13.8 Å². The Morgan fingerprint density at radius 1 is 1.00 bits per heavy atom. The molecule has 1 unspecified atom stereocenters. The van der Waals surface area contributed by atoms with Gasteiger partial charge in [0.2, 0.25) is 0 Å². The van der Waals surface area contributed by atoms with Crippen molar-refractivity contribution in [2.45, 2.75) is 82.5 Å². The molecule has 3 N–H and O–H groups in total. The van der Waals surface area contributed by atoms with E-state index in [4.69, 9.17) is 4.42 Å². The van der Waals surface area contributed by atoms with E-state index in [0.29, 0.717) is 31.4 Å². The lowest BCUT2D eigenvalue weighted by atomic mass is 9.42. The monoisotopic (exact) mass is 388 g/mol. The maximum atomic E-state index is 12.7. The van der Waals surface area contributed by atoms with Crippen LogP contribution in [0.25, 0.3) is 0 Å². The molecular formula is C23H32O5. The molecule has 154 valence electrons. The molecule has 0 amide bonds. The number of hydrogen-bond donors (Lipinski definition) is 3. The average molecular weight is 389 g/mol. The van der Waals surface area contributed by atoms with E-state index >= 15 is 0 Å². The van der Waals surface area contributed by atoms with Crippen LogP contribution in [0.3, 0.4) is 0 Å². The summed E-state index contributed by atoms with van der Waals surface area (Å²) in [4.78, 5) is 12.7. The molecule has 4 fully saturated rings. The Bertz CT molecular complexity index is 789. The van der Waals surface area contributed by atoms with Crippen LogP contribution in [0.2, 0.25) is 0 Å². The summed E-state index contributed by atoms with van der Waals surface area (Å²) in [6.45, 7) is 4.24. The van der Waals surface area contributed by atoms with Crippen LogP contribution in [0, 0.1) is 28.6 Å². The third kappa shape index (κ3) is 2.01. The Labute approximate surface area is 166 Å². The number of fused-ring (bicyclic) bond motifs is 5. The summed E-state index contributed by atoms with van der Waals surface area (Å²) < 4.78 is 5.61. The lowest BCUT2D eigenvalue weighted by molar-refractivity contribution is -0.239. The molecule has 28 heavy (non-hydrogen) atoms. The van der Waals surface area contributed by atoms with E-state index in [2.05, 4.69) is 6.92 Å². The first-order valence-electron chi connectivity index (χ1n) is 10.9. The van der Waals surface area contributed by atoms with Gasteiger partial charge in [-0.25, -0.2) is 0 Å². The number of carbonyl (C=O) groups excluding carboxylic acids is 1. The zero-order chi connectivity index (χ0) is 19.9. The molecule has 4 aliphatic rings. The standard InChI is InChI=1S/C23H32O5/c1-20-9-8-17(24)19(25)16(20)6-5-15-14(20)7-10-21(2)22(15,26)11-12-23(21,27)18-4-3-13-28-18/h3-4,13-17,24,26-27H,5-12H2,1-2H3/t14-,15+,16?,17-,20+,21-,22-,23-/m0/s1. The highest BCUT2D eigenvalue weighted by Gasteiger charge is 2.73. The van der Waals surface area contributed by atoms with Crippen LogP contribution < -0.4 is 0 Å². The number of ketones is 1. The van der Waals surface area contributed by atoms with Crippen molar-refractivity contribution in [3.63, 3.8) is 0 Å². The molecule has 0 radical (unpaired) electrons. The molecule has 4 saturated carbocycles. The number of hydrogen-bond acceptors (Lipinski definition) is 5. The fourth-order valence-electron chi connectivity index (χ4n) is 8.00. The fraction of sp³-hybridized carbons (Fsp3) is 0.783. The van der Waals surface area contributed by atoms with E-state index in [0.717, 1.165) is 25.7 Å². The van der Waals surface area contributed by atoms with Gasteiger partial charge in [-0.2, -0.15) is 0 Å². The van der Waals surface area contributed by atoms with Crippen molar-refractivity contribution in [2.75, 3.05) is 0 Å². The Morgan fingerprint density at radius 2 is 1.79 bits per heavy atom. The van der Waals surface area contributed by atoms with Crippen molar-refractivity contribution in [1.29, 1.82) is 0 Å². The predicted molar refractivity (Wildman–Crippen MR) is 102 cm³/mol. The quantitative estimate of drug-likeness (QED) is 0.687. The van der Waals surface area contributed by atoms with Gasteiger partial charge >= 0.3 is 0 Å². The SMILES string of the molecule is C[C@]12CC[C@H]3[C@@H](CCC4C(=O)[C@@H](O)CC[C@@]43C)[C@@]1(O)CC[C@]2(O)c1ccco1. The first kappa shape index (κ1) is 18.8. The molecular weight excluding hydrogens is 356 g/mol. The van der Waals surface area contributed by atoms with E-state index in [1.807, 2.05) is 13.0 Å². The maximum absolute atomic E-state index is 12.7. The zero-order valence-corrected chi connectivity index (χ0v) is 16.9. The summed E-state index contributed by atoms with van der Waals surface area (Å²) in [5.41, 5.74) is -2.96. The minimum atomic E-state index is -1.16. The van der Waals surface area contributed by atoms with Crippen molar-refractivity contribution in [3.05, 3.63) is 24.2 Å². The second-order valence-corrected chi connectivity index (χ2v) is 10.4. The first-order valence-corrected chi connectivity index (χ1v) is 10.9. The average Bonchev–Trinajstić information content (AvgIpc) is 3.27. The van der Waals surface area contributed by atoms with Crippen molar-refractivity contribution in [2.24, 2.45) is 28.6 Å². The molecule has 1 heterocycles. The van der Waals surface area contributed by atoms with Gasteiger partial charge in [-0.05, 0) is 80.8 Å². The van der Waals surface area contributed by atoms with Crippen molar-refractivity contribution in [1.82, 2.24) is 0 Å². The van der Waals surface area contributed by atoms with Crippen molar-refractivity contribution in [3.8, 4) is 0 Å². The number of aliphatic hydroxyl groups is 3. The molecule has 0 aliphatic heterocycles. The van der Waals surface area contributed by atoms with Crippen molar-refractivity contribution >= 4 is 5.78 Å². The molecule has 5 nitrogen and oxygen atoms in total. The van der Waals surface area contributed by atoms with Gasteiger partial charge in [-0.15, -0.1) is 0 Å². The van der Waals surface area contributed by atoms with Gasteiger partial charge < -0.3 is 19.7 Å². The number of furan rings is 1. The molecule has 1 aromatic heterocycles. The lowest BCUT2D eigenvalue weighted by Crippen LogP contribution is -2.65. The van der Waals surface area contributed by atoms with Crippen LogP contribution in [-0.4, -0.2) is 32.8 Å². The second-order valence-electron chi connectivity index (χ2n) is 10.4. The highest BCUT2D eigenvalue weighted by molar-refractivity contribution is 5.87. The van der Waals surface area contributed by atoms with Crippen LogP contribution in [-0.2, 0) is 10.4 Å². The zero-order valence-electron chi connectivity index (χ0n) is 16.9. The second kappa shape index (κ2) is 5.71. The Hall–Kier alpha value is -1.17. The largest absolute Gasteiger partial charge is 0.466 e. The molecule has 4 aliphatic carbocycles. The molecule has 5 rings (SSSR count). The van der Waals surface area contributed by atoms with Gasteiger partial charge in [0.25, 0.3) is 0 Å². The van der Waals surface area contributed by atoms with Gasteiger partial charge in [0.1, 0.15) is 17.5 Å². The molecule has 0 spiro atoms. The molecule has 0 aromatic carbocycles. The van der Waals surface area contributed by atoms with E-state index in [-0.39, 0.29) is 29.0 Å². The van der Waals surface area contributed by atoms with Gasteiger partial charge in [0.15, 0.2) is 5.78 Å². The molecule has 8 atom stereocenters. The summed E-state index contributed by atoms with van der Waals surface area (Å²) in [5, 5.41) is 33.9. The summed E-state index contributed by atoms with van der Waals surface area (Å²) in [6.07, 6.45) is 6.29. The van der Waals surface area contributed by atoms with E-state index in [9.17, 15) is 20.1 Å². The Balaban J connectivity index is 1.54. The summed E-state index contributed by atoms with van der Waals surface area (Å²) in [6, 6.07) is 3.62. The number of Topliss-reactive ketones (excluding diaryl/α,β-unsaturated/α-hetero) is 1. The third-order valence-electron chi connectivity index (χ3n) is 9.76. The van der Waals surface area contributed by atoms with E-state index < -0.39 is 22.7 Å². The summed E-state index contributed by atoms with van der Waals surface area (Å²) >= 11 is 0. The molecule has 0 saturated heterocycles. The molecule has 0 bridgehead atoms. The Morgan fingerprint density at radius 3 is 2.50 bits per heavy atom. The van der Waals surface area contributed by atoms with Gasteiger partial charge in [0.05, 0.1) is 11.9 Å². The van der Waals surface area contributed by atoms with Crippen LogP contribution in [0.1, 0.15) is 71.0 Å². The van der Waals surface area contributed by atoms with Crippen LogP contribution in [0.15, 0.2) is 22.8 Å². The number of rotatable bonds is 1. The summed E-state index contributed by atoms with van der Waals surface area (Å²) in [7, 11) is 0. The number of aliphatic hydroxyl groups excluding tert-OH is 1. The normalized spacial score (nSPS) is 53.4. The highest BCUT2D eigenvalue weighted by Crippen LogP contribution is 2.71. The van der Waals surface area contributed by atoms with Crippen LogP contribution in [0.4, 0.5) is 0 Å². The third-order valence-corrected chi connectivity index (χ3v) is 9.76. The minimum Gasteiger partial charge on any atom is -0.466 e. The highest BCUT2D eigenvalue weighted by atomic mass is 16.4. The minimum absolute atomic E-state index is 0.00559. The first-order chi connectivity index (χ1) is 13.2. The molecule has 5 heteroatoms.